The van der Waals surface area contributed by atoms with E-state index in [1.807, 2.05) is 0 Å². The Balaban J connectivity index is 2.30. The van der Waals surface area contributed by atoms with Gasteiger partial charge in [-0.05, 0) is 46.6 Å². The minimum atomic E-state index is -0.389. The van der Waals surface area contributed by atoms with Gasteiger partial charge in [0.1, 0.15) is 5.82 Å². The van der Waals surface area contributed by atoms with E-state index in [1.165, 1.54) is 30.6 Å². The van der Waals surface area contributed by atoms with Crippen molar-refractivity contribution in [3.8, 4) is 0 Å². The molecule has 98 valence electrons. The Bertz CT molecular complexity index is 649. The van der Waals surface area contributed by atoms with E-state index in [9.17, 15) is 9.18 Å². The Morgan fingerprint density at radius 3 is 2.89 bits per heavy atom. The van der Waals surface area contributed by atoms with E-state index in [-0.39, 0.29) is 21.8 Å². The lowest BCUT2D eigenvalue weighted by Gasteiger charge is -2.10. The van der Waals surface area contributed by atoms with Crippen LogP contribution in [0.4, 0.5) is 10.1 Å². The summed E-state index contributed by atoms with van der Waals surface area (Å²) in [6.45, 7) is 1.70. The standard InChI is InChI=1S/C13H9BrClFN2O/c1-7-4-11(16)9(14)5-12(7)18-13(19)8-6-17-3-2-10(8)15/h2-6H,1H3,(H,18,19). The number of hydrogen-bond acceptors (Lipinski definition) is 2. The van der Waals surface area contributed by atoms with Crippen LogP contribution in [0.5, 0.6) is 0 Å². The van der Waals surface area contributed by atoms with Gasteiger partial charge in [-0.3, -0.25) is 9.78 Å². The SMILES string of the molecule is Cc1cc(F)c(Br)cc1NC(=O)c1cnccc1Cl. The van der Waals surface area contributed by atoms with Gasteiger partial charge in [0.05, 0.1) is 15.1 Å². The summed E-state index contributed by atoms with van der Waals surface area (Å²) in [6.07, 6.45) is 2.88. The molecule has 0 saturated heterocycles. The van der Waals surface area contributed by atoms with Crippen molar-refractivity contribution in [3.63, 3.8) is 0 Å². The van der Waals surface area contributed by atoms with E-state index < -0.39 is 0 Å². The molecule has 0 saturated carbocycles. The summed E-state index contributed by atoms with van der Waals surface area (Å²) in [4.78, 5) is 15.9. The fourth-order valence-corrected chi connectivity index (χ4v) is 2.05. The molecule has 0 aliphatic carbocycles. The van der Waals surface area contributed by atoms with E-state index in [2.05, 4.69) is 26.2 Å². The maximum absolute atomic E-state index is 13.3. The van der Waals surface area contributed by atoms with Crippen molar-refractivity contribution >= 4 is 39.1 Å². The lowest BCUT2D eigenvalue weighted by molar-refractivity contribution is 0.102. The van der Waals surface area contributed by atoms with Crippen molar-refractivity contribution in [1.82, 2.24) is 4.98 Å². The average Bonchev–Trinajstić information content (AvgIpc) is 2.36. The highest BCUT2D eigenvalue weighted by atomic mass is 79.9. The van der Waals surface area contributed by atoms with Gasteiger partial charge >= 0.3 is 0 Å². The van der Waals surface area contributed by atoms with Crippen LogP contribution in [0.25, 0.3) is 0 Å². The molecule has 1 aromatic carbocycles. The lowest BCUT2D eigenvalue weighted by atomic mass is 10.2. The molecule has 1 amide bonds. The summed E-state index contributed by atoms with van der Waals surface area (Å²) in [5.74, 6) is -0.769. The Hall–Kier alpha value is -1.46. The highest BCUT2D eigenvalue weighted by Gasteiger charge is 2.13. The lowest BCUT2D eigenvalue weighted by Crippen LogP contribution is -2.13. The molecule has 1 N–H and O–H groups in total. The first-order valence-corrected chi connectivity index (χ1v) is 6.52. The molecule has 6 heteroatoms. The van der Waals surface area contributed by atoms with Crippen LogP contribution in [-0.4, -0.2) is 10.9 Å². The number of pyridine rings is 1. The topological polar surface area (TPSA) is 42.0 Å². The molecule has 2 aromatic rings. The van der Waals surface area contributed by atoms with Crippen molar-refractivity contribution < 1.29 is 9.18 Å². The average molecular weight is 344 g/mol. The number of hydrogen-bond donors (Lipinski definition) is 1. The molecule has 3 nitrogen and oxygen atoms in total. The second-order valence-electron chi connectivity index (χ2n) is 3.89. The molecular weight excluding hydrogens is 335 g/mol. The second kappa shape index (κ2) is 5.67. The summed E-state index contributed by atoms with van der Waals surface area (Å²) >= 11 is 8.99. The molecule has 0 spiro atoms. The number of amides is 1. The second-order valence-corrected chi connectivity index (χ2v) is 5.15. The summed E-state index contributed by atoms with van der Waals surface area (Å²) in [5, 5.41) is 2.99. The Kier molecular flexibility index (Phi) is 4.17. The van der Waals surface area contributed by atoms with Gasteiger partial charge in [0, 0.05) is 18.1 Å². The molecule has 0 aliphatic rings. The minimum absolute atomic E-state index is 0.268. The zero-order valence-electron chi connectivity index (χ0n) is 9.88. The maximum atomic E-state index is 13.3. The highest BCUT2D eigenvalue weighted by molar-refractivity contribution is 9.10. The van der Waals surface area contributed by atoms with Crippen LogP contribution in [0.2, 0.25) is 5.02 Å². The van der Waals surface area contributed by atoms with Crippen molar-refractivity contribution in [2.75, 3.05) is 5.32 Å². The van der Waals surface area contributed by atoms with Crippen molar-refractivity contribution in [2.45, 2.75) is 6.92 Å². The normalized spacial score (nSPS) is 10.3. The fourth-order valence-electron chi connectivity index (χ4n) is 1.52. The van der Waals surface area contributed by atoms with E-state index >= 15 is 0 Å². The third kappa shape index (κ3) is 3.11. The molecule has 1 heterocycles. The van der Waals surface area contributed by atoms with Gasteiger partial charge in [0.15, 0.2) is 0 Å². The first kappa shape index (κ1) is 14.0. The van der Waals surface area contributed by atoms with E-state index in [4.69, 9.17) is 11.6 Å². The Morgan fingerprint density at radius 2 is 2.21 bits per heavy atom. The number of benzene rings is 1. The summed E-state index contributed by atoms with van der Waals surface area (Å²) in [6, 6.07) is 4.38. The van der Waals surface area contributed by atoms with Crippen LogP contribution in [0.1, 0.15) is 15.9 Å². The maximum Gasteiger partial charge on any atom is 0.258 e. The summed E-state index contributed by atoms with van der Waals surface area (Å²) < 4.78 is 13.6. The number of rotatable bonds is 2. The van der Waals surface area contributed by atoms with Gasteiger partial charge in [0.25, 0.3) is 5.91 Å². The quantitative estimate of drug-likeness (QED) is 0.888. The van der Waals surface area contributed by atoms with Crippen molar-refractivity contribution in [1.29, 1.82) is 0 Å². The van der Waals surface area contributed by atoms with Crippen LogP contribution in [0, 0.1) is 12.7 Å². The first-order valence-electron chi connectivity index (χ1n) is 5.35. The number of carbonyl (C=O) groups is 1. The van der Waals surface area contributed by atoms with Crippen LogP contribution in [-0.2, 0) is 0 Å². The molecular formula is C13H9BrClFN2O. The molecule has 0 radical (unpaired) electrons. The zero-order chi connectivity index (χ0) is 14.0. The third-order valence-electron chi connectivity index (χ3n) is 2.53. The molecule has 19 heavy (non-hydrogen) atoms. The zero-order valence-corrected chi connectivity index (χ0v) is 12.2. The number of anilines is 1. The van der Waals surface area contributed by atoms with Crippen LogP contribution < -0.4 is 5.32 Å². The molecule has 1 aromatic heterocycles. The molecule has 0 atom stereocenters. The minimum Gasteiger partial charge on any atom is -0.322 e. The molecule has 0 unspecified atom stereocenters. The monoisotopic (exact) mass is 342 g/mol. The van der Waals surface area contributed by atoms with Crippen molar-refractivity contribution in [2.24, 2.45) is 0 Å². The number of aromatic nitrogens is 1. The Morgan fingerprint density at radius 1 is 1.47 bits per heavy atom. The van der Waals surface area contributed by atoms with Crippen LogP contribution >= 0.6 is 27.5 Å². The summed E-state index contributed by atoms with van der Waals surface area (Å²) in [5.41, 5.74) is 1.40. The molecule has 0 aliphatic heterocycles. The van der Waals surface area contributed by atoms with Gasteiger partial charge in [-0.15, -0.1) is 0 Å². The Labute approximate surface area is 122 Å². The van der Waals surface area contributed by atoms with Gasteiger partial charge in [-0.1, -0.05) is 11.6 Å². The predicted molar refractivity (Wildman–Crippen MR) is 76.0 cm³/mol. The number of carbonyl (C=O) groups excluding carboxylic acids is 1. The first-order chi connectivity index (χ1) is 8.99. The summed E-state index contributed by atoms with van der Waals surface area (Å²) in [7, 11) is 0. The molecule has 2 rings (SSSR count). The van der Waals surface area contributed by atoms with Crippen LogP contribution in [0.15, 0.2) is 35.1 Å². The van der Waals surface area contributed by atoms with Crippen LogP contribution in [0.3, 0.4) is 0 Å². The van der Waals surface area contributed by atoms with Gasteiger partial charge in [-0.2, -0.15) is 0 Å². The fraction of sp³-hybridized carbons (Fsp3) is 0.0769. The predicted octanol–water partition coefficient (Wildman–Crippen LogP) is 4.20. The van der Waals surface area contributed by atoms with E-state index in [0.717, 1.165) is 0 Å². The number of nitrogens with one attached hydrogen (secondary N) is 1. The number of halogens is 3. The third-order valence-corrected chi connectivity index (χ3v) is 3.47. The molecule has 0 bridgehead atoms. The van der Waals surface area contributed by atoms with Gasteiger partial charge in [-0.25, -0.2) is 4.39 Å². The van der Waals surface area contributed by atoms with E-state index in [0.29, 0.717) is 16.3 Å². The number of nitrogens with zero attached hydrogens (tertiary/aromatic N) is 1. The van der Waals surface area contributed by atoms with Gasteiger partial charge < -0.3 is 5.32 Å². The largest absolute Gasteiger partial charge is 0.322 e. The van der Waals surface area contributed by atoms with Gasteiger partial charge in [0.2, 0.25) is 0 Å². The smallest absolute Gasteiger partial charge is 0.258 e. The van der Waals surface area contributed by atoms with Crippen molar-refractivity contribution in [3.05, 3.63) is 57.0 Å². The molecule has 0 fully saturated rings. The van der Waals surface area contributed by atoms with E-state index in [1.54, 1.807) is 6.92 Å². The highest BCUT2D eigenvalue weighted by Crippen LogP contribution is 2.25. The number of aryl methyl sites for hydroxylation is 1.